The first kappa shape index (κ1) is 20.5. The Kier molecular flexibility index (Phi) is 6.59. The summed E-state index contributed by atoms with van der Waals surface area (Å²) in [7, 11) is 7.14. The van der Waals surface area contributed by atoms with Crippen molar-refractivity contribution in [2.45, 2.75) is 13.2 Å². The number of hydrogen-bond donors (Lipinski definition) is 3. The summed E-state index contributed by atoms with van der Waals surface area (Å²) in [5.41, 5.74) is 1.58. The minimum atomic E-state index is -0.370. The van der Waals surface area contributed by atoms with Gasteiger partial charge in [0.1, 0.15) is 0 Å². The Balaban J connectivity index is 3.03. The third-order valence-electron chi connectivity index (χ3n) is 4.23. The average molecular weight is 380 g/mol. The average Bonchev–Trinajstić information content (AvgIpc) is 2.71. The first-order valence-electron chi connectivity index (χ1n) is 8.03. The molecule has 0 saturated carbocycles. The minimum Gasteiger partial charge on any atom is -0.502 e. The Bertz CT molecular complexity index is 816. The van der Waals surface area contributed by atoms with Gasteiger partial charge in [-0.05, 0) is 23.3 Å². The monoisotopic (exact) mass is 380 g/mol. The van der Waals surface area contributed by atoms with Crippen molar-refractivity contribution in [3.8, 4) is 45.6 Å². The smallest absolute Gasteiger partial charge is 0.203 e. The number of benzene rings is 2. The van der Waals surface area contributed by atoms with Crippen LogP contribution in [-0.4, -0.2) is 50.9 Å². The van der Waals surface area contributed by atoms with E-state index in [1.807, 2.05) is 0 Å². The maximum atomic E-state index is 10.5. The zero-order valence-corrected chi connectivity index (χ0v) is 16.0. The summed E-state index contributed by atoms with van der Waals surface area (Å²) < 4.78 is 26.8. The quantitative estimate of drug-likeness (QED) is 0.639. The summed E-state index contributed by atoms with van der Waals surface area (Å²) in [6.07, 6.45) is 0. The van der Waals surface area contributed by atoms with Crippen LogP contribution in [0.2, 0.25) is 0 Å². The predicted molar refractivity (Wildman–Crippen MR) is 98.1 cm³/mol. The molecule has 2 aromatic carbocycles. The van der Waals surface area contributed by atoms with Crippen LogP contribution in [0, 0.1) is 0 Å². The Hall–Kier alpha value is -2.84. The van der Waals surface area contributed by atoms with Crippen LogP contribution < -0.4 is 23.7 Å². The normalized spacial score (nSPS) is 10.5. The second-order valence-corrected chi connectivity index (χ2v) is 5.49. The number of rotatable bonds is 8. The molecule has 0 spiro atoms. The number of aromatic hydroxyl groups is 1. The highest BCUT2D eigenvalue weighted by Gasteiger charge is 2.28. The van der Waals surface area contributed by atoms with Gasteiger partial charge in [-0.1, -0.05) is 0 Å². The molecule has 8 nitrogen and oxygen atoms in total. The second-order valence-electron chi connectivity index (χ2n) is 5.49. The maximum Gasteiger partial charge on any atom is 0.203 e. The van der Waals surface area contributed by atoms with E-state index in [4.69, 9.17) is 23.7 Å². The fourth-order valence-corrected chi connectivity index (χ4v) is 3.03. The standard InChI is InChI=1S/C19H24O8/c1-23-12-6-10(8-20)14(18(26-4)16(12)22)15-11(9-21)7-13(24-2)17(25-3)19(15)27-5/h6-7,20-22H,8-9H2,1-5H3. The van der Waals surface area contributed by atoms with E-state index in [-0.39, 0.29) is 36.2 Å². The number of phenolic OH excluding ortho intramolecular Hbond substituents is 1. The molecule has 0 saturated heterocycles. The molecule has 3 N–H and O–H groups in total. The number of aliphatic hydroxyl groups is 2. The van der Waals surface area contributed by atoms with Gasteiger partial charge in [0.15, 0.2) is 23.0 Å². The number of ether oxygens (including phenoxy) is 5. The van der Waals surface area contributed by atoms with Gasteiger partial charge in [0.2, 0.25) is 11.5 Å². The molecular formula is C19H24O8. The van der Waals surface area contributed by atoms with E-state index < -0.39 is 0 Å². The molecule has 0 bridgehead atoms. The van der Waals surface area contributed by atoms with Gasteiger partial charge in [-0.25, -0.2) is 0 Å². The zero-order valence-electron chi connectivity index (χ0n) is 16.0. The first-order chi connectivity index (χ1) is 13.0. The second kappa shape index (κ2) is 8.70. The molecule has 0 aliphatic rings. The van der Waals surface area contributed by atoms with E-state index in [0.29, 0.717) is 33.8 Å². The van der Waals surface area contributed by atoms with E-state index in [1.54, 1.807) is 6.07 Å². The molecule has 0 aliphatic carbocycles. The summed E-state index contributed by atoms with van der Waals surface area (Å²) in [4.78, 5) is 0. The molecular weight excluding hydrogens is 356 g/mol. The molecule has 2 aromatic rings. The van der Waals surface area contributed by atoms with Crippen LogP contribution in [0.4, 0.5) is 0 Å². The lowest BCUT2D eigenvalue weighted by atomic mass is 9.92. The summed E-state index contributed by atoms with van der Waals surface area (Å²) in [5.74, 6) is 0.896. The molecule has 0 radical (unpaired) electrons. The van der Waals surface area contributed by atoms with Crippen LogP contribution in [0.3, 0.4) is 0 Å². The van der Waals surface area contributed by atoms with Crippen molar-refractivity contribution in [1.29, 1.82) is 0 Å². The Morgan fingerprint density at radius 3 is 1.48 bits per heavy atom. The Morgan fingerprint density at radius 1 is 0.630 bits per heavy atom. The van der Waals surface area contributed by atoms with E-state index in [1.165, 1.54) is 41.6 Å². The summed E-state index contributed by atoms with van der Waals surface area (Å²) in [6.45, 7) is -0.725. The summed E-state index contributed by atoms with van der Waals surface area (Å²) >= 11 is 0. The van der Waals surface area contributed by atoms with Crippen molar-refractivity contribution >= 4 is 0 Å². The van der Waals surface area contributed by atoms with Gasteiger partial charge in [0.25, 0.3) is 0 Å². The third-order valence-corrected chi connectivity index (χ3v) is 4.23. The lowest BCUT2D eigenvalue weighted by Gasteiger charge is -2.23. The van der Waals surface area contributed by atoms with Gasteiger partial charge in [0, 0.05) is 11.1 Å². The number of hydrogen-bond acceptors (Lipinski definition) is 8. The van der Waals surface area contributed by atoms with Crippen LogP contribution in [0.25, 0.3) is 11.1 Å². The molecule has 0 unspecified atom stereocenters. The van der Waals surface area contributed by atoms with E-state index in [0.717, 1.165) is 0 Å². The fraction of sp³-hybridized carbons (Fsp3) is 0.368. The molecule has 27 heavy (non-hydrogen) atoms. The summed E-state index contributed by atoms with van der Waals surface area (Å²) in [6, 6.07) is 3.09. The number of methoxy groups -OCH3 is 5. The lowest BCUT2D eigenvalue weighted by Crippen LogP contribution is -2.05. The minimum absolute atomic E-state index is 0.0682. The molecule has 0 aromatic heterocycles. The molecule has 0 fully saturated rings. The van der Waals surface area contributed by atoms with Crippen molar-refractivity contribution in [3.63, 3.8) is 0 Å². The molecule has 8 heteroatoms. The SMILES string of the molecule is COc1cc(CO)c(-c2c(CO)cc(OC)c(OC)c2OC)c(OC)c1O. The van der Waals surface area contributed by atoms with Crippen LogP contribution >= 0.6 is 0 Å². The van der Waals surface area contributed by atoms with Crippen molar-refractivity contribution in [2.75, 3.05) is 35.5 Å². The first-order valence-corrected chi connectivity index (χ1v) is 8.03. The molecule has 0 aliphatic heterocycles. The third kappa shape index (κ3) is 3.41. The Morgan fingerprint density at radius 2 is 1.07 bits per heavy atom. The highest BCUT2D eigenvalue weighted by Crippen LogP contribution is 2.53. The highest BCUT2D eigenvalue weighted by atomic mass is 16.5. The van der Waals surface area contributed by atoms with Crippen molar-refractivity contribution in [3.05, 3.63) is 23.3 Å². The van der Waals surface area contributed by atoms with E-state index >= 15 is 0 Å². The van der Waals surface area contributed by atoms with Gasteiger partial charge in [-0.3, -0.25) is 0 Å². The molecule has 0 amide bonds. The predicted octanol–water partition coefficient (Wildman–Crippen LogP) is 2.09. The van der Waals surface area contributed by atoms with Gasteiger partial charge in [0.05, 0.1) is 48.8 Å². The number of aliphatic hydroxyl groups excluding tert-OH is 2. The molecule has 2 rings (SSSR count). The van der Waals surface area contributed by atoms with Gasteiger partial charge in [-0.15, -0.1) is 0 Å². The fourth-order valence-electron chi connectivity index (χ4n) is 3.03. The van der Waals surface area contributed by atoms with Gasteiger partial charge >= 0.3 is 0 Å². The van der Waals surface area contributed by atoms with E-state index in [2.05, 4.69) is 0 Å². The molecule has 0 heterocycles. The molecule has 148 valence electrons. The van der Waals surface area contributed by atoms with Crippen molar-refractivity contribution in [2.24, 2.45) is 0 Å². The molecule has 0 atom stereocenters. The van der Waals surface area contributed by atoms with Gasteiger partial charge in [-0.2, -0.15) is 0 Å². The van der Waals surface area contributed by atoms with E-state index in [9.17, 15) is 15.3 Å². The highest BCUT2D eigenvalue weighted by molar-refractivity contribution is 5.87. The van der Waals surface area contributed by atoms with Crippen molar-refractivity contribution < 1.29 is 39.0 Å². The van der Waals surface area contributed by atoms with Gasteiger partial charge < -0.3 is 39.0 Å². The van der Waals surface area contributed by atoms with Crippen LogP contribution in [0.5, 0.6) is 34.5 Å². The lowest BCUT2D eigenvalue weighted by molar-refractivity contribution is 0.275. The largest absolute Gasteiger partial charge is 0.502 e. The topological polar surface area (TPSA) is 107 Å². The Labute approximate surface area is 157 Å². The zero-order chi connectivity index (χ0) is 20.1. The van der Waals surface area contributed by atoms with Crippen LogP contribution in [-0.2, 0) is 13.2 Å². The summed E-state index contributed by atoms with van der Waals surface area (Å²) in [5, 5.41) is 30.4. The van der Waals surface area contributed by atoms with Crippen LogP contribution in [0.15, 0.2) is 12.1 Å². The van der Waals surface area contributed by atoms with Crippen LogP contribution in [0.1, 0.15) is 11.1 Å². The maximum absolute atomic E-state index is 10.5. The van der Waals surface area contributed by atoms with Crippen molar-refractivity contribution in [1.82, 2.24) is 0 Å². The number of phenols is 1.